The smallest absolute Gasteiger partial charge is 0.256 e. The fourth-order valence-corrected chi connectivity index (χ4v) is 1.56. The van der Waals surface area contributed by atoms with Crippen LogP contribution in [0.1, 0.15) is 11.5 Å². The maximum atomic E-state index is 11.3. The predicted octanol–water partition coefficient (Wildman–Crippen LogP) is 3.24. The van der Waals surface area contributed by atoms with Gasteiger partial charge in [0, 0.05) is 17.3 Å². The number of oxazole rings is 1. The van der Waals surface area contributed by atoms with Crippen molar-refractivity contribution in [2.45, 2.75) is 13.8 Å². The largest absolute Gasteiger partial charge is 0.441 e. The van der Waals surface area contributed by atoms with Crippen LogP contribution in [0.15, 0.2) is 47.1 Å². The molecule has 1 aromatic heterocycles. The highest BCUT2D eigenvalue weighted by molar-refractivity contribution is 5.99. The summed E-state index contributed by atoms with van der Waals surface area (Å²) in [4.78, 5) is 15.6. The van der Waals surface area contributed by atoms with E-state index in [0.29, 0.717) is 11.6 Å². The Balaban J connectivity index is 2.18. The van der Waals surface area contributed by atoms with Crippen molar-refractivity contribution in [2.24, 2.45) is 0 Å². The molecule has 0 aliphatic carbocycles. The number of aryl methyl sites for hydroxylation is 2. The Morgan fingerprint density at radius 1 is 1.37 bits per heavy atom. The third kappa shape index (κ3) is 3.00. The summed E-state index contributed by atoms with van der Waals surface area (Å²) >= 11 is 0. The third-order valence-corrected chi connectivity index (χ3v) is 2.66. The average Bonchev–Trinajstić information content (AvgIpc) is 2.71. The highest BCUT2D eigenvalue weighted by atomic mass is 16.4. The van der Waals surface area contributed by atoms with Crippen LogP contribution in [0.25, 0.3) is 11.5 Å². The number of rotatable bonds is 3. The molecule has 0 fully saturated rings. The number of anilines is 1. The summed E-state index contributed by atoms with van der Waals surface area (Å²) in [5.41, 5.74) is 4.86. The van der Waals surface area contributed by atoms with Crippen LogP contribution in [0.2, 0.25) is 0 Å². The molecule has 0 bridgehead atoms. The molecule has 0 aliphatic rings. The maximum Gasteiger partial charge on any atom is 0.256 e. The van der Waals surface area contributed by atoms with Gasteiger partial charge < -0.3 is 9.73 Å². The number of hydrogen-bond donors (Lipinski definition) is 1. The van der Waals surface area contributed by atoms with Crippen molar-refractivity contribution >= 4 is 11.6 Å². The van der Waals surface area contributed by atoms with Crippen LogP contribution in [-0.2, 0) is 4.79 Å². The van der Waals surface area contributed by atoms with E-state index in [1.165, 1.54) is 6.08 Å². The molecule has 1 aromatic carbocycles. The van der Waals surface area contributed by atoms with E-state index in [-0.39, 0.29) is 5.91 Å². The lowest BCUT2D eigenvalue weighted by molar-refractivity contribution is -0.111. The van der Waals surface area contributed by atoms with Crippen molar-refractivity contribution in [1.29, 1.82) is 0 Å². The molecule has 2 aromatic rings. The Kier molecular flexibility index (Phi) is 3.64. The molecular weight excluding hydrogens is 240 g/mol. The third-order valence-electron chi connectivity index (χ3n) is 2.66. The molecule has 0 saturated heterocycles. The van der Waals surface area contributed by atoms with Crippen LogP contribution in [0.4, 0.5) is 5.69 Å². The zero-order valence-corrected chi connectivity index (χ0v) is 10.9. The number of hydrogen-bond acceptors (Lipinski definition) is 3. The minimum Gasteiger partial charge on any atom is -0.441 e. The first-order valence-corrected chi connectivity index (χ1v) is 5.81. The van der Waals surface area contributed by atoms with E-state index in [2.05, 4.69) is 22.6 Å². The van der Waals surface area contributed by atoms with Crippen molar-refractivity contribution < 1.29 is 9.21 Å². The van der Waals surface area contributed by atoms with E-state index >= 15 is 0 Å². The fourth-order valence-electron chi connectivity index (χ4n) is 1.56. The first-order valence-electron chi connectivity index (χ1n) is 5.81. The van der Waals surface area contributed by atoms with Gasteiger partial charge in [0.1, 0.15) is 5.76 Å². The van der Waals surface area contributed by atoms with Crippen molar-refractivity contribution in [3.63, 3.8) is 0 Å². The SMILES string of the molecule is C=C=CC(=O)Nc1ccc(-c2nc(C)c(C)o2)cc1. The monoisotopic (exact) mass is 254 g/mol. The zero-order valence-electron chi connectivity index (χ0n) is 10.9. The Morgan fingerprint density at radius 2 is 2.05 bits per heavy atom. The average molecular weight is 254 g/mol. The van der Waals surface area contributed by atoms with Crippen LogP contribution in [0, 0.1) is 13.8 Å². The zero-order chi connectivity index (χ0) is 13.8. The molecule has 4 nitrogen and oxygen atoms in total. The molecular formula is C15H14N2O2. The van der Waals surface area contributed by atoms with E-state index in [1.54, 1.807) is 12.1 Å². The van der Waals surface area contributed by atoms with E-state index < -0.39 is 0 Å². The van der Waals surface area contributed by atoms with Crippen molar-refractivity contribution in [3.8, 4) is 11.5 Å². The normalized spacial score (nSPS) is 9.79. The summed E-state index contributed by atoms with van der Waals surface area (Å²) in [6.45, 7) is 7.12. The van der Waals surface area contributed by atoms with Gasteiger partial charge in [-0.3, -0.25) is 4.79 Å². The van der Waals surface area contributed by atoms with Gasteiger partial charge in [0.05, 0.1) is 5.69 Å². The first-order chi connectivity index (χ1) is 9.10. The quantitative estimate of drug-likeness (QED) is 0.675. The molecule has 1 heterocycles. The van der Waals surface area contributed by atoms with Gasteiger partial charge in [-0.05, 0) is 38.1 Å². The molecule has 1 N–H and O–H groups in total. The van der Waals surface area contributed by atoms with E-state index in [1.807, 2.05) is 26.0 Å². The Hall–Kier alpha value is -2.58. The van der Waals surface area contributed by atoms with Gasteiger partial charge in [-0.2, -0.15) is 0 Å². The summed E-state index contributed by atoms with van der Waals surface area (Å²) in [6.07, 6.45) is 1.24. The van der Waals surface area contributed by atoms with Crippen LogP contribution < -0.4 is 5.32 Å². The van der Waals surface area contributed by atoms with Crippen molar-refractivity contribution in [3.05, 3.63) is 54.1 Å². The fraction of sp³-hybridized carbons (Fsp3) is 0.133. The number of nitrogens with zero attached hydrogens (tertiary/aromatic N) is 1. The number of nitrogens with one attached hydrogen (secondary N) is 1. The topological polar surface area (TPSA) is 55.1 Å². The second-order valence-corrected chi connectivity index (χ2v) is 4.08. The number of amides is 1. The molecule has 4 heteroatoms. The molecule has 96 valence electrons. The van der Waals surface area contributed by atoms with E-state index in [4.69, 9.17) is 4.42 Å². The van der Waals surface area contributed by atoms with Gasteiger partial charge >= 0.3 is 0 Å². The molecule has 0 unspecified atom stereocenters. The summed E-state index contributed by atoms with van der Waals surface area (Å²) in [6, 6.07) is 7.27. The molecule has 1 amide bonds. The van der Waals surface area contributed by atoms with Crippen LogP contribution in [0.5, 0.6) is 0 Å². The minimum absolute atomic E-state index is 0.259. The van der Waals surface area contributed by atoms with Gasteiger partial charge in [-0.1, -0.05) is 6.58 Å². The first kappa shape index (κ1) is 12.9. The molecule has 2 rings (SSSR count). The predicted molar refractivity (Wildman–Crippen MR) is 73.8 cm³/mol. The van der Waals surface area contributed by atoms with Crippen molar-refractivity contribution in [1.82, 2.24) is 4.98 Å². The Bertz CT molecular complexity index is 628. The summed E-state index contributed by atoms with van der Waals surface area (Å²) < 4.78 is 5.54. The van der Waals surface area contributed by atoms with E-state index in [9.17, 15) is 4.79 Å². The Labute approximate surface area is 111 Å². The van der Waals surface area contributed by atoms with Crippen LogP contribution in [0.3, 0.4) is 0 Å². The molecule has 0 saturated carbocycles. The number of carbonyl (C=O) groups excluding carboxylic acids is 1. The highest BCUT2D eigenvalue weighted by Gasteiger charge is 2.08. The number of aromatic nitrogens is 1. The van der Waals surface area contributed by atoms with Gasteiger partial charge in [0.2, 0.25) is 5.89 Å². The van der Waals surface area contributed by atoms with Crippen molar-refractivity contribution in [2.75, 3.05) is 5.32 Å². The molecule has 19 heavy (non-hydrogen) atoms. The standard InChI is InChI=1S/C15H14N2O2/c1-4-5-14(18)17-13-8-6-12(7-9-13)15-16-10(2)11(3)19-15/h5-9H,1H2,2-3H3,(H,17,18). The van der Waals surface area contributed by atoms with Crippen LogP contribution in [-0.4, -0.2) is 10.9 Å². The lowest BCUT2D eigenvalue weighted by atomic mass is 10.2. The summed E-state index contributed by atoms with van der Waals surface area (Å²) in [7, 11) is 0. The van der Waals surface area contributed by atoms with Gasteiger partial charge in [-0.15, -0.1) is 5.73 Å². The second-order valence-electron chi connectivity index (χ2n) is 4.08. The molecule has 0 aliphatic heterocycles. The number of benzene rings is 1. The van der Waals surface area contributed by atoms with Crippen LogP contribution >= 0.6 is 0 Å². The minimum atomic E-state index is -0.259. The highest BCUT2D eigenvalue weighted by Crippen LogP contribution is 2.22. The summed E-state index contributed by atoms with van der Waals surface area (Å²) in [5.74, 6) is 1.13. The van der Waals surface area contributed by atoms with Gasteiger partial charge in [0.15, 0.2) is 0 Å². The molecule has 0 radical (unpaired) electrons. The summed E-state index contributed by atoms with van der Waals surface area (Å²) in [5, 5.41) is 2.69. The molecule has 0 atom stereocenters. The Morgan fingerprint density at radius 3 is 2.58 bits per heavy atom. The lowest BCUT2D eigenvalue weighted by Crippen LogP contribution is -2.06. The lowest BCUT2D eigenvalue weighted by Gasteiger charge is -2.02. The maximum absolute atomic E-state index is 11.3. The second kappa shape index (κ2) is 5.38. The van der Waals surface area contributed by atoms with Gasteiger partial charge in [0.25, 0.3) is 5.91 Å². The molecule has 0 spiro atoms. The van der Waals surface area contributed by atoms with Gasteiger partial charge in [-0.25, -0.2) is 4.98 Å². The number of carbonyl (C=O) groups is 1. The van der Waals surface area contributed by atoms with E-state index in [0.717, 1.165) is 17.0 Å².